The molecule has 0 saturated carbocycles. The maximum atomic E-state index is 11.4. The van der Waals surface area contributed by atoms with Crippen molar-refractivity contribution in [1.29, 1.82) is 0 Å². The van der Waals surface area contributed by atoms with Gasteiger partial charge in [0, 0.05) is 0 Å². The van der Waals surface area contributed by atoms with E-state index in [-0.39, 0.29) is 14.0 Å². The SMILES string of the molecule is CCCCN(CCCC)C(=O)C=[P+]=O. The van der Waals surface area contributed by atoms with E-state index in [1.165, 1.54) is 5.80 Å². The molecule has 0 aromatic rings. The first-order valence-corrected chi connectivity index (χ1v) is 6.09. The summed E-state index contributed by atoms with van der Waals surface area (Å²) in [7, 11) is -0.193. The van der Waals surface area contributed by atoms with Crippen LogP contribution in [0.1, 0.15) is 39.5 Å². The summed E-state index contributed by atoms with van der Waals surface area (Å²) in [5.74, 6) is 1.09. The molecule has 14 heavy (non-hydrogen) atoms. The summed E-state index contributed by atoms with van der Waals surface area (Å²) in [4.78, 5) is 13.2. The Kier molecular flexibility index (Phi) is 8.86. The first-order chi connectivity index (χ1) is 6.76. The van der Waals surface area contributed by atoms with Gasteiger partial charge in [-0.15, -0.1) is 0 Å². The third kappa shape index (κ3) is 6.09. The second-order valence-electron chi connectivity index (χ2n) is 3.27. The fourth-order valence-electron chi connectivity index (χ4n) is 1.16. The number of unbranched alkanes of at least 4 members (excludes halogenated alkanes) is 2. The topological polar surface area (TPSA) is 37.4 Å². The molecule has 0 fully saturated rings. The summed E-state index contributed by atoms with van der Waals surface area (Å²) in [6.07, 6.45) is 4.17. The quantitative estimate of drug-likeness (QED) is 0.613. The number of carbonyl (C=O) groups is 1. The molecule has 0 heterocycles. The molecule has 0 spiro atoms. The van der Waals surface area contributed by atoms with Gasteiger partial charge in [0.1, 0.15) is 0 Å². The number of hydrogen-bond donors (Lipinski definition) is 0. The van der Waals surface area contributed by atoms with E-state index in [0.29, 0.717) is 0 Å². The third-order valence-electron chi connectivity index (χ3n) is 2.04. The standard InChI is InChI=1S/C10H19NO2P/c1-3-5-7-11(8-6-4-2)10(12)9-14-13/h9H,3-8H2,1-2H3/q+1. The fraction of sp³-hybridized carbons (Fsp3) is 0.800. The summed E-state index contributed by atoms with van der Waals surface area (Å²) in [5.41, 5.74) is 0. The van der Waals surface area contributed by atoms with Crippen LogP contribution in [0.2, 0.25) is 0 Å². The van der Waals surface area contributed by atoms with Gasteiger partial charge in [-0.25, -0.2) is 0 Å². The van der Waals surface area contributed by atoms with Crippen molar-refractivity contribution >= 4 is 19.8 Å². The fourth-order valence-corrected chi connectivity index (χ4v) is 1.41. The van der Waals surface area contributed by atoms with E-state index >= 15 is 0 Å². The Morgan fingerprint density at radius 2 is 1.71 bits per heavy atom. The van der Waals surface area contributed by atoms with Gasteiger partial charge in [0.2, 0.25) is 0 Å². The van der Waals surface area contributed by atoms with Crippen molar-refractivity contribution in [2.24, 2.45) is 0 Å². The number of carbonyl (C=O) groups excluding carboxylic acids is 1. The predicted octanol–water partition coefficient (Wildman–Crippen LogP) is 2.51. The Labute approximate surface area is 87.3 Å². The van der Waals surface area contributed by atoms with Gasteiger partial charge in [0.15, 0.2) is 0 Å². The number of hydrogen-bond acceptors (Lipinski definition) is 2. The molecule has 0 aliphatic carbocycles. The van der Waals surface area contributed by atoms with Crippen LogP contribution in [-0.4, -0.2) is 29.7 Å². The molecule has 0 aliphatic rings. The molecule has 0 aromatic heterocycles. The molecule has 0 radical (unpaired) electrons. The molecule has 0 unspecified atom stereocenters. The molecule has 3 nitrogen and oxygen atoms in total. The van der Waals surface area contributed by atoms with Gasteiger partial charge < -0.3 is 0 Å². The minimum atomic E-state index is -0.193. The zero-order valence-corrected chi connectivity index (χ0v) is 9.93. The normalized spacial score (nSPS) is 9.57. The second-order valence-corrected chi connectivity index (χ2v) is 3.74. The predicted molar refractivity (Wildman–Crippen MR) is 60.1 cm³/mol. The van der Waals surface area contributed by atoms with E-state index in [4.69, 9.17) is 0 Å². The van der Waals surface area contributed by atoms with Crippen LogP contribution in [0.25, 0.3) is 0 Å². The van der Waals surface area contributed by atoms with Crippen molar-refractivity contribution in [2.45, 2.75) is 39.5 Å². The molecule has 0 N–H and O–H groups in total. The Hall–Kier alpha value is -0.430. The molecule has 4 heteroatoms. The van der Waals surface area contributed by atoms with Crippen LogP contribution in [0.3, 0.4) is 0 Å². The number of amides is 1. The van der Waals surface area contributed by atoms with Crippen molar-refractivity contribution < 1.29 is 9.36 Å². The van der Waals surface area contributed by atoms with Gasteiger partial charge in [-0.2, -0.15) is 0 Å². The Morgan fingerprint density at radius 3 is 2.07 bits per heavy atom. The molecule has 0 saturated heterocycles. The van der Waals surface area contributed by atoms with E-state index in [1.54, 1.807) is 4.90 Å². The van der Waals surface area contributed by atoms with Crippen molar-refractivity contribution in [1.82, 2.24) is 4.90 Å². The van der Waals surface area contributed by atoms with Gasteiger partial charge in [-0.1, -0.05) is 0 Å². The minimum absolute atomic E-state index is 0.108. The van der Waals surface area contributed by atoms with Gasteiger partial charge in [-0.05, 0) is 0 Å². The van der Waals surface area contributed by atoms with Crippen LogP contribution in [-0.2, 0) is 9.36 Å². The van der Waals surface area contributed by atoms with E-state index in [0.717, 1.165) is 38.8 Å². The molecular formula is C10H19NO2P+. The van der Waals surface area contributed by atoms with Crippen LogP contribution < -0.4 is 0 Å². The van der Waals surface area contributed by atoms with E-state index in [2.05, 4.69) is 13.8 Å². The first kappa shape index (κ1) is 13.6. The molecule has 0 aromatic carbocycles. The molecular weight excluding hydrogens is 197 g/mol. The van der Waals surface area contributed by atoms with Crippen LogP contribution in [0, 0.1) is 0 Å². The van der Waals surface area contributed by atoms with Crippen LogP contribution in [0.15, 0.2) is 0 Å². The van der Waals surface area contributed by atoms with Gasteiger partial charge >= 0.3 is 86.7 Å². The number of rotatable bonds is 7. The first-order valence-electron chi connectivity index (χ1n) is 5.20. The van der Waals surface area contributed by atoms with Crippen molar-refractivity contribution in [3.05, 3.63) is 0 Å². The van der Waals surface area contributed by atoms with Crippen LogP contribution in [0.5, 0.6) is 0 Å². The second kappa shape index (κ2) is 9.14. The maximum absolute atomic E-state index is 11.4. The summed E-state index contributed by atoms with van der Waals surface area (Å²) in [6, 6.07) is 0. The van der Waals surface area contributed by atoms with Crippen LogP contribution in [0.4, 0.5) is 0 Å². The van der Waals surface area contributed by atoms with Crippen molar-refractivity contribution in [3.8, 4) is 0 Å². The Bertz CT molecular complexity index is 204. The monoisotopic (exact) mass is 216 g/mol. The molecule has 0 atom stereocenters. The molecule has 0 rings (SSSR count). The average molecular weight is 216 g/mol. The molecule has 80 valence electrons. The van der Waals surface area contributed by atoms with E-state index in [9.17, 15) is 9.36 Å². The van der Waals surface area contributed by atoms with E-state index < -0.39 is 0 Å². The molecule has 0 bridgehead atoms. The summed E-state index contributed by atoms with van der Waals surface area (Å²) in [5, 5.41) is 0. The number of nitrogens with zero attached hydrogens (tertiary/aromatic N) is 1. The zero-order chi connectivity index (χ0) is 10.8. The van der Waals surface area contributed by atoms with Gasteiger partial charge in [0.25, 0.3) is 0 Å². The van der Waals surface area contributed by atoms with Crippen LogP contribution >= 0.6 is 8.08 Å². The van der Waals surface area contributed by atoms with Gasteiger partial charge in [0.05, 0.1) is 0 Å². The molecule has 1 amide bonds. The Morgan fingerprint density at radius 1 is 1.21 bits per heavy atom. The molecule has 0 aliphatic heterocycles. The van der Waals surface area contributed by atoms with Crippen molar-refractivity contribution in [2.75, 3.05) is 13.1 Å². The van der Waals surface area contributed by atoms with Gasteiger partial charge in [-0.3, -0.25) is 0 Å². The zero-order valence-electron chi connectivity index (χ0n) is 9.03. The average Bonchev–Trinajstić information content (AvgIpc) is 2.18. The van der Waals surface area contributed by atoms with Crippen molar-refractivity contribution in [3.63, 3.8) is 0 Å². The summed E-state index contributed by atoms with van der Waals surface area (Å²) < 4.78 is 10.3. The summed E-state index contributed by atoms with van der Waals surface area (Å²) in [6.45, 7) is 5.75. The Balaban J connectivity index is 4.07. The van der Waals surface area contributed by atoms with E-state index in [1.807, 2.05) is 0 Å². The summed E-state index contributed by atoms with van der Waals surface area (Å²) >= 11 is 0. The third-order valence-corrected chi connectivity index (χ3v) is 2.36.